The largest absolute Gasteiger partial charge is 0.456 e. The Morgan fingerprint density at radius 2 is 2.00 bits per heavy atom. The van der Waals surface area contributed by atoms with Gasteiger partial charge in [-0.2, -0.15) is 4.98 Å². The summed E-state index contributed by atoms with van der Waals surface area (Å²) in [6.45, 7) is 1.27. The second-order valence-electron chi connectivity index (χ2n) is 7.37. The number of H-pyrrole nitrogens is 1. The number of hydrogen-bond acceptors (Lipinski definition) is 7. The molecule has 4 atom stereocenters. The predicted molar refractivity (Wildman–Crippen MR) is 107 cm³/mol. The maximum Gasteiger partial charge on any atom is 0.296 e. The maximum absolute atomic E-state index is 9.86. The Labute approximate surface area is 172 Å². The molecule has 29 heavy (non-hydrogen) atoms. The van der Waals surface area contributed by atoms with Crippen molar-refractivity contribution in [1.82, 2.24) is 15.0 Å². The average Bonchev–Trinajstić information content (AvgIpc) is 3.39. The van der Waals surface area contributed by atoms with E-state index in [4.69, 9.17) is 25.8 Å². The van der Waals surface area contributed by atoms with Crippen molar-refractivity contribution in [1.29, 1.82) is 0 Å². The Kier molecular flexibility index (Phi) is 4.79. The molecule has 4 heterocycles. The Morgan fingerprint density at radius 1 is 1.21 bits per heavy atom. The molecule has 2 saturated heterocycles. The number of benzene rings is 1. The molecule has 1 aromatic carbocycles. The monoisotopic (exact) mass is 416 g/mol. The van der Waals surface area contributed by atoms with Gasteiger partial charge in [0.2, 0.25) is 0 Å². The van der Waals surface area contributed by atoms with Crippen molar-refractivity contribution >= 4 is 28.6 Å². The van der Waals surface area contributed by atoms with E-state index in [0.29, 0.717) is 41.2 Å². The number of anilines is 1. The molecule has 0 amide bonds. The van der Waals surface area contributed by atoms with Gasteiger partial charge in [0.15, 0.2) is 11.8 Å². The van der Waals surface area contributed by atoms with Crippen molar-refractivity contribution in [3.8, 4) is 6.01 Å². The van der Waals surface area contributed by atoms with E-state index < -0.39 is 6.10 Å². The third-order valence-corrected chi connectivity index (χ3v) is 5.53. The summed E-state index contributed by atoms with van der Waals surface area (Å²) in [6.07, 6.45) is -1.61. The molecule has 0 spiro atoms. The Balaban J connectivity index is 1.35. The number of imidazole rings is 1. The number of hydrogen-bond donors (Lipinski definition) is 2. The second kappa shape index (κ2) is 7.46. The number of halogens is 1. The molecule has 2 aromatic heterocycles. The zero-order valence-corrected chi connectivity index (χ0v) is 16.5. The normalized spacial score (nSPS) is 26.0. The number of aromatic amines is 1. The summed E-state index contributed by atoms with van der Waals surface area (Å²) in [4.78, 5) is 14.1. The van der Waals surface area contributed by atoms with Gasteiger partial charge in [0.1, 0.15) is 24.1 Å². The highest BCUT2D eigenvalue weighted by Crippen LogP contribution is 2.31. The molecule has 2 aliphatic rings. The van der Waals surface area contributed by atoms with Crippen LogP contribution in [0, 0.1) is 0 Å². The van der Waals surface area contributed by atoms with Crippen LogP contribution in [0.4, 0.5) is 5.82 Å². The minimum Gasteiger partial charge on any atom is -0.456 e. The lowest BCUT2D eigenvalue weighted by molar-refractivity contribution is 0.00706. The number of nitrogens with one attached hydrogen (secondary N) is 1. The molecule has 0 bridgehead atoms. The number of fused-ring (bicyclic) bond motifs is 2. The van der Waals surface area contributed by atoms with E-state index in [-0.39, 0.29) is 24.9 Å². The lowest BCUT2D eigenvalue weighted by Crippen LogP contribution is -2.34. The SMILES string of the molecule is CN(Cc1ccccc1)c1nc2nc(O[C@@H]3CO[C@H]4C3OC[C@H]4O)[nH]c2cc1Cl. The van der Waals surface area contributed by atoms with Crippen LogP contribution in [0.3, 0.4) is 0 Å². The number of aromatic nitrogens is 3. The molecular weight excluding hydrogens is 396 g/mol. The average molecular weight is 417 g/mol. The van der Waals surface area contributed by atoms with Crippen LogP contribution in [0.5, 0.6) is 6.01 Å². The number of nitrogens with zero attached hydrogens (tertiary/aromatic N) is 3. The van der Waals surface area contributed by atoms with Gasteiger partial charge in [0.05, 0.1) is 23.8 Å². The minimum atomic E-state index is -0.618. The van der Waals surface area contributed by atoms with Crippen LogP contribution in [-0.2, 0) is 16.0 Å². The second-order valence-corrected chi connectivity index (χ2v) is 7.78. The standard InChI is InChI=1S/C20H21ClN4O4/c1-25(8-11-5-3-2-4-6-11)19-12(21)7-13-18(23-19)24-20(22-13)29-15-10-28-16-14(26)9-27-17(15)16/h2-7,14-17,26H,8-10H2,1H3,(H,22,23,24)/t14-,15-,16-,17?/m1/s1. The van der Waals surface area contributed by atoms with Gasteiger partial charge in [-0.15, -0.1) is 0 Å². The summed E-state index contributed by atoms with van der Waals surface area (Å²) in [5.74, 6) is 0.646. The molecule has 152 valence electrons. The summed E-state index contributed by atoms with van der Waals surface area (Å²) in [6, 6.07) is 12.2. The van der Waals surface area contributed by atoms with Crippen LogP contribution < -0.4 is 9.64 Å². The predicted octanol–water partition coefficient (Wildman–Crippen LogP) is 2.15. The molecule has 0 saturated carbocycles. The van der Waals surface area contributed by atoms with Gasteiger partial charge in [0, 0.05) is 13.6 Å². The fourth-order valence-corrected chi connectivity index (χ4v) is 4.13. The first-order valence-corrected chi connectivity index (χ1v) is 9.85. The van der Waals surface area contributed by atoms with Crippen LogP contribution in [-0.4, -0.2) is 64.7 Å². The van der Waals surface area contributed by atoms with Gasteiger partial charge in [0.25, 0.3) is 6.01 Å². The van der Waals surface area contributed by atoms with Crippen LogP contribution >= 0.6 is 11.6 Å². The summed E-state index contributed by atoms with van der Waals surface area (Å²) in [5.41, 5.74) is 2.36. The minimum absolute atomic E-state index is 0.254. The molecule has 9 heteroatoms. The molecule has 0 aliphatic carbocycles. The quantitative estimate of drug-likeness (QED) is 0.658. The van der Waals surface area contributed by atoms with Crippen LogP contribution in [0.2, 0.25) is 5.02 Å². The molecule has 2 fully saturated rings. The molecule has 0 radical (unpaired) electrons. The summed E-state index contributed by atoms with van der Waals surface area (Å²) in [5, 5.41) is 10.4. The fraction of sp³-hybridized carbons (Fsp3) is 0.400. The molecular formula is C20H21ClN4O4. The van der Waals surface area contributed by atoms with Crippen LogP contribution in [0.25, 0.3) is 11.2 Å². The zero-order valence-electron chi connectivity index (χ0n) is 15.8. The molecule has 5 rings (SSSR count). The molecule has 2 aliphatic heterocycles. The van der Waals surface area contributed by atoms with Crippen molar-refractivity contribution in [2.24, 2.45) is 0 Å². The number of pyridine rings is 1. The van der Waals surface area contributed by atoms with Crippen LogP contribution in [0.1, 0.15) is 5.56 Å². The summed E-state index contributed by atoms with van der Waals surface area (Å²) >= 11 is 6.47. The van der Waals surface area contributed by atoms with Gasteiger partial charge < -0.3 is 29.2 Å². The highest BCUT2D eigenvalue weighted by Gasteiger charge is 2.48. The van der Waals surface area contributed by atoms with E-state index in [2.05, 4.69) is 27.1 Å². The van der Waals surface area contributed by atoms with Gasteiger partial charge in [-0.05, 0) is 11.6 Å². The summed E-state index contributed by atoms with van der Waals surface area (Å²) in [7, 11) is 1.94. The lowest BCUT2D eigenvalue weighted by Gasteiger charge is -2.19. The van der Waals surface area contributed by atoms with E-state index in [1.165, 1.54) is 0 Å². The maximum atomic E-state index is 9.86. The molecule has 3 aromatic rings. The zero-order chi connectivity index (χ0) is 20.0. The van der Waals surface area contributed by atoms with Crippen molar-refractivity contribution in [3.05, 3.63) is 47.0 Å². The topological polar surface area (TPSA) is 92.7 Å². The van der Waals surface area contributed by atoms with Gasteiger partial charge in [-0.1, -0.05) is 41.9 Å². The Hall–Kier alpha value is -2.39. The highest BCUT2D eigenvalue weighted by atomic mass is 35.5. The van der Waals surface area contributed by atoms with E-state index >= 15 is 0 Å². The van der Waals surface area contributed by atoms with E-state index in [0.717, 1.165) is 5.56 Å². The van der Waals surface area contributed by atoms with Crippen molar-refractivity contribution < 1.29 is 19.3 Å². The van der Waals surface area contributed by atoms with Gasteiger partial charge >= 0.3 is 0 Å². The summed E-state index contributed by atoms with van der Waals surface area (Å²) < 4.78 is 17.1. The third kappa shape index (κ3) is 3.53. The number of aliphatic hydroxyl groups excluding tert-OH is 1. The van der Waals surface area contributed by atoms with Crippen molar-refractivity contribution in [2.75, 3.05) is 25.2 Å². The van der Waals surface area contributed by atoms with E-state index in [1.54, 1.807) is 6.07 Å². The molecule has 8 nitrogen and oxygen atoms in total. The van der Waals surface area contributed by atoms with Gasteiger partial charge in [-0.25, -0.2) is 4.98 Å². The first-order chi connectivity index (χ1) is 14.1. The molecule has 1 unspecified atom stereocenters. The first-order valence-electron chi connectivity index (χ1n) is 9.48. The number of rotatable bonds is 5. The van der Waals surface area contributed by atoms with E-state index in [9.17, 15) is 5.11 Å². The fourth-order valence-electron chi connectivity index (χ4n) is 3.83. The van der Waals surface area contributed by atoms with Crippen molar-refractivity contribution in [2.45, 2.75) is 31.0 Å². The third-order valence-electron chi connectivity index (χ3n) is 5.26. The number of aliphatic hydroxyl groups is 1. The van der Waals surface area contributed by atoms with Crippen molar-refractivity contribution in [3.63, 3.8) is 0 Å². The van der Waals surface area contributed by atoms with Gasteiger partial charge in [-0.3, -0.25) is 0 Å². The smallest absolute Gasteiger partial charge is 0.296 e. The Bertz CT molecular complexity index is 1010. The highest BCUT2D eigenvalue weighted by molar-refractivity contribution is 6.33. The number of ether oxygens (including phenoxy) is 3. The Morgan fingerprint density at radius 3 is 2.83 bits per heavy atom. The lowest BCUT2D eigenvalue weighted by atomic mass is 10.1. The molecule has 2 N–H and O–H groups in total. The first kappa shape index (κ1) is 18.6. The van der Waals surface area contributed by atoms with Crippen LogP contribution in [0.15, 0.2) is 36.4 Å². The van der Waals surface area contributed by atoms with E-state index in [1.807, 2.05) is 30.1 Å².